The van der Waals surface area contributed by atoms with E-state index in [0.29, 0.717) is 6.02 Å². The van der Waals surface area contributed by atoms with Crippen molar-refractivity contribution < 1.29 is 4.74 Å². The van der Waals surface area contributed by atoms with E-state index in [1.54, 1.807) is 7.11 Å². The molecule has 54 valence electrons. The maximum absolute atomic E-state index is 4.79. The van der Waals surface area contributed by atoms with Crippen LogP contribution < -0.4 is 0 Å². The molecule has 0 atom stereocenters. The summed E-state index contributed by atoms with van der Waals surface area (Å²) >= 11 is 1.86. The summed E-state index contributed by atoms with van der Waals surface area (Å²) in [6, 6.07) is 0.462. The van der Waals surface area contributed by atoms with Gasteiger partial charge in [0.15, 0.2) is 0 Å². The highest BCUT2D eigenvalue weighted by molar-refractivity contribution is 14.1. The van der Waals surface area contributed by atoms with Crippen molar-refractivity contribution in [3.8, 4) is 0 Å². The zero-order valence-electron chi connectivity index (χ0n) is 5.59. The van der Waals surface area contributed by atoms with Crippen LogP contribution in [0.4, 0.5) is 0 Å². The second-order valence-corrected chi connectivity index (χ2v) is 3.65. The van der Waals surface area contributed by atoms with Gasteiger partial charge in [0.05, 0.1) is 30.0 Å². The van der Waals surface area contributed by atoms with Gasteiger partial charge in [0.2, 0.25) is 0 Å². The quantitative estimate of drug-likeness (QED) is 0.368. The third-order valence-corrected chi connectivity index (χ3v) is 1.45. The standard InChI is InChI=1S/C4H9IN2OS/c1-8-4(6-5)7-9(2)3/h1-3H3. The number of ether oxygens (including phenoxy) is 1. The summed E-state index contributed by atoms with van der Waals surface area (Å²) in [5, 5.41) is 0. The number of nitrogens with zero attached hydrogens (tertiary/aromatic N) is 2. The summed E-state index contributed by atoms with van der Waals surface area (Å²) in [6.45, 7) is 0. The van der Waals surface area contributed by atoms with E-state index in [4.69, 9.17) is 4.74 Å². The molecule has 0 rings (SSSR count). The smallest absolute Gasteiger partial charge is 0.327 e. The highest BCUT2D eigenvalue weighted by atomic mass is 127. The van der Waals surface area contributed by atoms with Gasteiger partial charge in [-0.05, 0) is 12.5 Å². The van der Waals surface area contributed by atoms with Gasteiger partial charge in [-0.2, -0.15) is 7.57 Å². The highest BCUT2D eigenvalue weighted by Crippen LogP contribution is 1.91. The molecular weight excluding hydrogens is 251 g/mol. The normalized spacial score (nSPS) is 11.9. The van der Waals surface area contributed by atoms with Crippen LogP contribution in [0.1, 0.15) is 0 Å². The topological polar surface area (TPSA) is 34.0 Å². The van der Waals surface area contributed by atoms with E-state index in [-0.39, 0.29) is 10.7 Å². The van der Waals surface area contributed by atoms with E-state index in [1.165, 1.54) is 0 Å². The number of methoxy groups -OCH3 is 1. The van der Waals surface area contributed by atoms with Crippen LogP contribution in [0.5, 0.6) is 0 Å². The van der Waals surface area contributed by atoms with Gasteiger partial charge in [0.25, 0.3) is 0 Å². The molecule has 0 radical (unpaired) electrons. The minimum atomic E-state index is 0.0190. The fourth-order valence-electron chi connectivity index (χ4n) is 0.243. The van der Waals surface area contributed by atoms with E-state index >= 15 is 0 Å². The monoisotopic (exact) mass is 260 g/mol. The molecule has 0 heterocycles. The Hall–Kier alpha value is 0.350. The summed E-state index contributed by atoms with van der Waals surface area (Å²) in [5.74, 6) is 0. The lowest BCUT2D eigenvalue weighted by atomic mass is 11.2. The molecule has 0 N–H and O–H groups in total. The van der Waals surface area contributed by atoms with E-state index in [0.717, 1.165) is 0 Å². The molecule has 0 bridgehead atoms. The second kappa shape index (κ2) is 5.16. The van der Waals surface area contributed by atoms with Gasteiger partial charge in [-0.1, -0.05) is 10.7 Å². The molecule has 0 aliphatic rings. The first-order valence-corrected chi connectivity index (χ1v) is 5.19. The van der Waals surface area contributed by atoms with Crippen molar-refractivity contribution in [1.82, 2.24) is 0 Å². The molecule has 0 amide bonds. The summed E-state index contributed by atoms with van der Waals surface area (Å²) in [6.07, 6.45) is 4.00. The lowest BCUT2D eigenvalue weighted by Gasteiger charge is -1.94. The Morgan fingerprint density at radius 1 is 1.56 bits per heavy atom. The van der Waals surface area contributed by atoms with Crippen molar-refractivity contribution >= 4 is 39.6 Å². The lowest BCUT2D eigenvalue weighted by molar-refractivity contribution is 0.400. The summed E-state index contributed by atoms with van der Waals surface area (Å²) in [7, 11) is 1.58. The Bertz CT molecular complexity index is 142. The molecule has 0 spiro atoms. The zero-order valence-corrected chi connectivity index (χ0v) is 8.56. The van der Waals surface area contributed by atoms with Crippen LogP contribution in [0.15, 0.2) is 7.57 Å². The molecule has 0 aromatic heterocycles. The van der Waals surface area contributed by atoms with Crippen LogP contribution in [-0.4, -0.2) is 25.6 Å². The van der Waals surface area contributed by atoms with Crippen molar-refractivity contribution in [2.75, 3.05) is 19.6 Å². The fraction of sp³-hybridized carbons (Fsp3) is 0.750. The van der Waals surface area contributed by atoms with Crippen LogP contribution in [0.3, 0.4) is 0 Å². The SMILES string of the molecule is COC(=NI)N=S(C)C. The molecule has 0 fully saturated rings. The van der Waals surface area contributed by atoms with Gasteiger partial charge < -0.3 is 4.74 Å². The molecule has 0 unspecified atom stereocenters. The van der Waals surface area contributed by atoms with Crippen LogP contribution in [0.25, 0.3) is 0 Å². The van der Waals surface area contributed by atoms with Gasteiger partial charge in [-0.15, -0.1) is 0 Å². The van der Waals surface area contributed by atoms with E-state index in [2.05, 4.69) is 7.57 Å². The summed E-state index contributed by atoms with van der Waals surface area (Å²) in [4.78, 5) is 0. The Balaban J connectivity index is 4.01. The van der Waals surface area contributed by atoms with Gasteiger partial charge in [-0.25, -0.2) is 0 Å². The fourth-order valence-corrected chi connectivity index (χ4v) is 1.12. The molecule has 0 saturated carbocycles. The maximum Gasteiger partial charge on any atom is 0.327 e. The van der Waals surface area contributed by atoms with Crippen LogP contribution in [0.2, 0.25) is 0 Å². The van der Waals surface area contributed by atoms with Gasteiger partial charge in [0, 0.05) is 0 Å². The number of hydrogen-bond acceptors (Lipinski definition) is 2. The molecule has 0 aliphatic heterocycles. The highest BCUT2D eigenvalue weighted by Gasteiger charge is 1.89. The number of rotatable bonds is 0. The average Bonchev–Trinajstić information content (AvgIpc) is 1.82. The van der Waals surface area contributed by atoms with Crippen LogP contribution >= 0.6 is 22.9 Å². The Morgan fingerprint density at radius 2 is 2.11 bits per heavy atom. The average molecular weight is 260 g/mol. The summed E-state index contributed by atoms with van der Waals surface area (Å²) < 4.78 is 12.6. The van der Waals surface area contributed by atoms with Gasteiger partial charge in [-0.3, -0.25) is 0 Å². The largest absolute Gasteiger partial charge is 0.466 e. The van der Waals surface area contributed by atoms with Crippen LogP contribution in [0, 0.1) is 0 Å². The van der Waals surface area contributed by atoms with Gasteiger partial charge >= 0.3 is 6.02 Å². The second-order valence-electron chi connectivity index (χ2n) is 1.44. The van der Waals surface area contributed by atoms with E-state index in [9.17, 15) is 0 Å². The predicted octanol–water partition coefficient (Wildman–Crippen LogP) is 1.40. The Kier molecular flexibility index (Phi) is 5.36. The Labute approximate surface area is 71.5 Å². The number of amidine groups is 1. The van der Waals surface area contributed by atoms with Gasteiger partial charge in [0.1, 0.15) is 0 Å². The van der Waals surface area contributed by atoms with Crippen molar-refractivity contribution in [2.24, 2.45) is 7.57 Å². The number of hydrogen-bond donors (Lipinski definition) is 0. The molecule has 0 aliphatic carbocycles. The lowest BCUT2D eigenvalue weighted by Crippen LogP contribution is -1.96. The third-order valence-electron chi connectivity index (χ3n) is 0.516. The van der Waals surface area contributed by atoms with Crippen molar-refractivity contribution in [2.45, 2.75) is 0 Å². The van der Waals surface area contributed by atoms with Crippen molar-refractivity contribution in [3.63, 3.8) is 0 Å². The molecule has 0 aromatic rings. The van der Waals surface area contributed by atoms with Crippen molar-refractivity contribution in [1.29, 1.82) is 0 Å². The van der Waals surface area contributed by atoms with E-state index < -0.39 is 0 Å². The summed E-state index contributed by atoms with van der Waals surface area (Å²) in [5.41, 5.74) is 0. The molecule has 9 heavy (non-hydrogen) atoms. The minimum Gasteiger partial charge on any atom is -0.466 e. The first-order chi connectivity index (χ1) is 4.20. The molecule has 0 saturated heterocycles. The third kappa shape index (κ3) is 4.83. The van der Waals surface area contributed by atoms with E-state index in [1.807, 2.05) is 35.4 Å². The predicted molar refractivity (Wildman–Crippen MR) is 50.1 cm³/mol. The minimum absolute atomic E-state index is 0.0190. The molecule has 0 aromatic carbocycles. The number of halogens is 1. The molecular formula is C4H9IN2OS. The zero-order chi connectivity index (χ0) is 7.28. The van der Waals surface area contributed by atoms with Crippen LogP contribution in [-0.2, 0) is 15.4 Å². The molecule has 3 nitrogen and oxygen atoms in total. The van der Waals surface area contributed by atoms with Crippen molar-refractivity contribution in [3.05, 3.63) is 0 Å². The first kappa shape index (κ1) is 9.35. The molecule has 5 heteroatoms. The first-order valence-electron chi connectivity index (χ1n) is 2.23. The Morgan fingerprint density at radius 3 is 2.22 bits per heavy atom. The maximum atomic E-state index is 4.79.